The smallest absolute Gasteiger partial charge is 0.0753 e. The molecule has 0 amide bonds. The average molecular weight is 369 g/mol. The predicted molar refractivity (Wildman–Crippen MR) is 95.1 cm³/mol. The van der Waals surface area contributed by atoms with Gasteiger partial charge < -0.3 is 10.2 Å². The molecule has 0 aromatic heterocycles. The van der Waals surface area contributed by atoms with Crippen molar-refractivity contribution < 1.29 is 10.2 Å². The molecule has 0 spiro atoms. The third-order valence-corrected chi connectivity index (χ3v) is 11.4. The van der Waals surface area contributed by atoms with Crippen molar-refractivity contribution in [2.24, 2.45) is 0 Å². The van der Waals surface area contributed by atoms with Crippen molar-refractivity contribution in [3.63, 3.8) is 0 Å². The van der Waals surface area contributed by atoms with Crippen LogP contribution in [-0.2, 0) is 0 Å². The molecule has 0 saturated carbocycles. The van der Waals surface area contributed by atoms with E-state index in [1.165, 1.54) is 34.9 Å². The Bertz CT molecular complexity index is 444. The van der Waals surface area contributed by atoms with Gasteiger partial charge in [-0.3, -0.25) is 0 Å². The maximum Gasteiger partial charge on any atom is 0.0753 e. The second kappa shape index (κ2) is 7.00. The first-order chi connectivity index (χ1) is 9.31. The molecule has 0 aromatic carbocycles. The molecule has 2 nitrogen and oxygen atoms in total. The van der Waals surface area contributed by atoms with Gasteiger partial charge in [0.05, 0.1) is 30.2 Å². The first kappa shape index (κ1) is 15.1. The molecule has 0 unspecified atom stereocenters. The summed E-state index contributed by atoms with van der Waals surface area (Å²) >= 11 is 10.9. The van der Waals surface area contributed by atoms with E-state index in [2.05, 4.69) is 0 Å². The molecule has 3 rings (SSSR count). The standard InChI is InChI=1S/C11H12O2S6/c12-4-6-7(5-13)17-10(16-6)11-18-8-9(19-11)15-3-1-2-14-8/h12-13H,1-5H2. The molecule has 3 heterocycles. The largest absolute Gasteiger partial charge is 0.391 e. The summed E-state index contributed by atoms with van der Waals surface area (Å²) in [6.45, 7) is 0.0482. The number of rotatable bonds is 2. The van der Waals surface area contributed by atoms with Gasteiger partial charge in [-0.15, -0.1) is 23.5 Å². The van der Waals surface area contributed by atoms with Crippen molar-refractivity contribution in [3.05, 3.63) is 26.8 Å². The van der Waals surface area contributed by atoms with Gasteiger partial charge in [-0.1, -0.05) is 47.0 Å². The zero-order valence-corrected chi connectivity index (χ0v) is 14.8. The van der Waals surface area contributed by atoms with E-state index in [1.807, 2.05) is 47.0 Å². The molecule has 8 heteroatoms. The van der Waals surface area contributed by atoms with Crippen LogP contribution in [0.1, 0.15) is 6.42 Å². The van der Waals surface area contributed by atoms with Crippen LogP contribution in [0.5, 0.6) is 0 Å². The van der Waals surface area contributed by atoms with Gasteiger partial charge in [0, 0.05) is 9.81 Å². The first-order valence-electron chi connectivity index (χ1n) is 5.71. The van der Waals surface area contributed by atoms with Crippen LogP contribution in [0.3, 0.4) is 0 Å². The van der Waals surface area contributed by atoms with Crippen molar-refractivity contribution in [2.45, 2.75) is 6.42 Å². The van der Waals surface area contributed by atoms with E-state index >= 15 is 0 Å². The van der Waals surface area contributed by atoms with Gasteiger partial charge in [-0.05, 0) is 17.9 Å². The van der Waals surface area contributed by atoms with Crippen molar-refractivity contribution in [1.82, 2.24) is 0 Å². The van der Waals surface area contributed by atoms with Crippen LogP contribution >= 0.6 is 70.6 Å². The van der Waals surface area contributed by atoms with Gasteiger partial charge in [0.2, 0.25) is 0 Å². The summed E-state index contributed by atoms with van der Waals surface area (Å²) in [5, 5.41) is 18.6. The van der Waals surface area contributed by atoms with Gasteiger partial charge in [0.15, 0.2) is 0 Å². The Morgan fingerprint density at radius 2 is 1.16 bits per heavy atom. The highest BCUT2D eigenvalue weighted by Gasteiger charge is 2.30. The molecule has 0 saturated heterocycles. The molecule has 3 aliphatic rings. The molecule has 2 N–H and O–H groups in total. The summed E-state index contributed by atoms with van der Waals surface area (Å²) in [6, 6.07) is 0. The number of hydrogen-bond acceptors (Lipinski definition) is 8. The Morgan fingerprint density at radius 3 is 1.63 bits per heavy atom. The summed E-state index contributed by atoms with van der Waals surface area (Å²) in [6.07, 6.45) is 1.28. The minimum absolute atomic E-state index is 0.0241. The fraction of sp³-hybridized carbons (Fsp3) is 0.455. The Balaban J connectivity index is 1.75. The van der Waals surface area contributed by atoms with E-state index in [4.69, 9.17) is 0 Å². The van der Waals surface area contributed by atoms with Gasteiger partial charge in [0.1, 0.15) is 0 Å². The highest BCUT2D eigenvalue weighted by molar-refractivity contribution is 8.42. The predicted octanol–water partition coefficient (Wildman–Crippen LogP) is 4.27. The summed E-state index contributed by atoms with van der Waals surface area (Å²) < 4.78 is 5.42. The highest BCUT2D eigenvalue weighted by Crippen LogP contribution is 2.64. The third kappa shape index (κ3) is 3.36. The maximum atomic E-state index is 9.31. The Labute approximate surface area is 138 Å². The van der Waals surface area contributed by atoms with Crippen LogP contribution in [-0.4, -0.2) is 34.9 Å². The highest BCUT2D eigenvalue weighted by atomic mass is 32.3. The van der Waals surface area contributed by atoms with Gasteiger partial charge >= 0.3 is 0 Å². The molecular weight excluding hydrogens is 357 g/mol. The summed E-state index contributed by atoms with van der Waals surface area (Å²) in [7, 11) is 0. The van der Waals surface area contributed by atoms with Crippen LogP contribution in [0.4, 0.5) is 0 Å². The lowest BCUT2D eigenvalue weighted by molar-refractivity contribution is 0.324. The number of aliphatic hydroxyl groups excluding tert-OH is 2. The van der Waals surface area contributed by atoms with Gasteiger partial charge in [0.25, 0.3) is 0 Å². The minimum Gasteiger partial charge on any atom is -0.391 e. The van der Waals surface area contributed by atoms with E-state index in [0.29, 0.717) is 0 Å². The molecule has 0 atom stereocenters. The molecule has 0 radical (unpaired) electrons. The molecular formula is C11H12O2S6. The van der Waals surface area contributed by atoms with E-state index in [-0.39, 0.29) is 13.2 Å². The monoisotopic (exact) mass is 368 g/mol. The van der Waals surface area contributed by atoms with Crippen LogP contribution in [0.15, 0.2) is 26.8 Å². The van der Waals surface area contributed by atoms with Crippen LogP contribution < -0.4 is 0 Å². The Morgan fingerprint density at radius 1 is 0.684 bits per heavy atom. The molecule has 19 heavy (non-hydrogen) atoms. The second-order valence-corrected chi connectivity index (χ2v) is 11.3. The van der Waals surface area contributed by atoms with Crippen LogP contribution in [0, 0.1) is 0 Å². The van der Waals surface area contributed by atoms with Crippen molar-refractivity contribution >= 4 is 70.6 Å². The Hall–Kier alpha value is 1.24. The van der Waals surface area contributed by atoms with Crippen molar-refractivity contribution in [2.75, 3.05) is 24.7 Å². The fourth-order valence-corrected chi connectivity index (χ4v) is 10.4. The number of thioether (sulfide) groups is 6. The summed E-state index contributed by atoms with van der Waals surface area (Å²) in [5.74, 6) is 2.43. The quantitative estimate of drug-likeness (QED) is 0.749. The van der Waals surface area contributed by atoms with E-state index < -0.39 is 0 Å². The summed E-state index contributed by atoms with van der Waals surface area (Å²) in [4.78, 5) is 1.80. The molecule has 0 aliphatic carbocycles. The second-order valence-electron chi connectivity index (χ2n) is 3.77. The molecule has 0 bridgehead atoms. The zero-order chi connectivity index (χ0) is 13.2. The number of hydrogen-bond donors (Lipinski definition) is 2. The van der Waals surface area contributed by atoms with Crippen LogP contribution in [0.25, 0.3) is 0 Å². The lowest BCUT2D eigenvalue weighted by Crippen LogP contribution is -1.89. The summed E-state index contributed by atoms with van der Waals surface area (Å²) in [5.41, 5.74) is 0. The van der Waals surface area contributed by atoms with Crippen LogP contribution in [0.2, 0.25) is 0 Å². The molecule has 0 fully saturated rings. The lowest BCUT2D eigenvalue weighted by atomic mass is 10.5. The average Bonchev–Trinajstić information content (AvgIpc) is 2.97. The Kier molecular flexibility index (Phi) is 5.58. The molecule has 3 aliphatic heterocycles. The minimum atomic E-state index is 0.0241. The zero-order valence-electron chi connectivity index (χ0n) is 9.88. The lowest BCUT2D eigenvalue weighted by Gasteiger charge is -2.03. The van der Waals surface area contributed by atoms with Gasteiger partial charge in [-0.2, -0.15) is 0 Å². The van der Waals surface area contributed by atoms with Crippen molar-refractivity contribution in [1.29, 1.82) is 0 Å². The first-order valence-corrected chi connectivity index (χ1v) is 10.9. The van der Waals surface area contributed by atoms with E-state index in [9.17, 15) is 10.2 Å². The number of aliphatic hydroxyl groups is 2. The third-order valence-electron chi connectivity index (χ3n) is 2.49. The maximum absolute atomic E-state index is 9.31. The molecule has 0 aromatic rings. The normalized spacial score (nSPS) is 24.3. The van der Waals surface area contributed by atoms with Crippen molar-refractivity contribution in [3.8, 4) is 0 Å². The SMILES string of the molecule is OCC1=C(CO)SC(=C2SC3=C(SCCCS3)S2)S1. The van der Waals surface area contributed by atoms with E-state index in [0.717, 1.165) is 9.81 Å². The molecule has 104 valence electrons. The topological polar surface area (TPSA) is 40.5 Å². The van der Waals surface area contributed by atoms with Gasteiger partial charge in [-0.25, -0.2) is 0 Å². The van der Waals surface area contributed by atoms with E-state index in [1.54, 1.807) is 23.5 Å². The fourth-order valence-electron chi connectivity index (χ4n) is 1.60.